The average molecular weight is 298 g/mol. The lowest BCUT2D eigenvalue weighted by atomic mass is 10.2. The van der Waals surface area contributed by atoms with Crippen LogP contribution in [0.5, 0.6) is 0 Å². The van der Waals surface area contributed by atoms with Gasteiger partial charge >= 0.3 is 0 Å². The Bertz CT molecular complexity index is 574. The van der Waals surface area contributed by atoms with Crippen molar-refractivity contribution >= 4 is 5.91 Å². The number of hydrogen-bond donors (Lipinski definition) is 0. The van der Waals surface area contributed by atoms with Gasteiger partial charge in [-0.1, -0.05) is 44.2 Å². The molecule has 118 valence electrons. The summed E-state index contributed by atoms with van der Waals surface area (Å²) < 4.78 is 2.23. The van der Waals surface area contributed by atoms with Gasteiger partial charge in [-0.05, 0) is 30.5 Å². The van der Waals surface area contributed by atoms with E-state index in [9.17, 15) is 4.79 Å². The van der Waals surface area contributed by atoms with Crippen molar-refractivity contribution in [3.05, 3.63) is 59.9 Å². The van der Waals surface area contributed by atoms with Gasteiger partial charge in [0.25, 0.3) is 0 Å². The summed E-state index contributed by atoms with van der Waals surface area (Å²) in [6.45, 7) is 6.56. The number of benzene rings is 1. The lowest BCUT2D eigenvalue weighted by molar-refractivity contribution is -0.132. The van der Waals surface area contributed by atoms with Gasteiger partial charge in [0.2, 0.25) is 5.91 Å². The van der Waals surface area contributed by atoms with Crippen molar-refractivity contribution in [2.45, 2.75) is 46.2 Å². The molecular weight excluding hydrogens is 272 g/mol. The van der Waals surface area contributed by atoms with Gasteiger partial charge in [0.05, 0.1) is 6.54 Å². The van der Waals surface area contributed by atoms with Crippen LogP contribution in [0.3, 0.4) is 0 Å². The molecule has 0 atom stereocenters. The molecule has 1 aromatic carbocycles. The maximum Gasteiger partial charge on any atom is 0.222 e. The van der Waals surface area contributed by atoms with E-state index in [4.69, 9.17) is 0 Å². The van der Waals surface area contributed by atoms with Crippen molar-refractivity contribution in [3.63, 3.8) is 0 Å². The van der Waals surface area contributed by atoms with Crippen molar-refractivity contribution in [1.82, 2.24) is 9.47 Å². The molecule has 0 aliphatic rings. The van der Waals surface area contributed by atoms with Crippen LogP contribution >= 0.6 is 0 Å². The van der Waals surface area contributed by atoms with Gasteiger partial charge in [-0.25, -0.2) is 0 Å². The molecule has 0 aliphatic heterocycles. The molecule has 0 saturated carbocycles. The summed E-state index contributed by atoms with van der Waals surface area (Å²) in [5.74, 6) is 0.261. The molecule has 0 aliphatic carbocycles. The van der Waals surface area contributed by atoms with E-state index < -0.39 is 0 Å². The molecule has 1 heterocycles. The number of nitrogens with zero attached hydrogens (tertiary/aromatic N) is 2. The normalized spacial score (nSPS) is 10.6. The van der Waals surface area contributed by atoms with Gasteiger partial charge in [-0.15, -0.1) is 0 Å². The van der Waals surface area contributed by atoms with Crippen molar-refractivity contribution in [2.24, 2.45) is 0 Å². The van der Waals surface area contributed by atoms with Crippen LogP contribution in [0.25, 0.3) is 0 Å². The molecule has 0 N–H and O–H groups in total. The lowest BCUT2D eigenvalue weighted by Gasteiger charge is -2.23. The van der Waals surface area contributed by atoms with Crippen LogP contribution in [0.15, 0.2) is 48.7 Å². The summed E-state index contributed by atoms with van der Waals surface area (Å²) in [6, 6.07) is 14.6. The highest BCUT2D eigenvalue weighted by Crippen LogP contribution is 2.12. The fraction of sp³-hybridized carbons (Fsp3) is 0.421. The van der Waals surface area contributed by atoms with Crippen LogP contribution in [0.1, 0.15) is 44.4 Å². The molecule has 22 heavy (non-hydrogen) atoms. The second-order valence-corrected chi connectivity index (χ2v) is 5.68. The third kappa shape index (κ3) is 4.48. The molecule has 2 aromatic rings. The highest BCUT2D eigenvalue weighted by atomic mass is 16.2. The molecular formula is C19H26N2O. The first-order valence-electron chi connectivity index (χ1n) is 8.20. The number of carbonyl (C=O) groups is 1. The first-order valence-corrected chi connectivity index (χ1v) is 8.20. The molecule has 0 bridgehead atoms. The Morgan fingerprint density at radius 2 is 1.82 bits per heavy atom. The average Bonchev–Trinajstić information content (AvgIpc) is 2.95. The van der Waals surface area contributed by atoms with Gasteiger partial charge in [0.15, 0.2) is 0 Å². The molecule has 0 spiro atoms. The molecule has 0 radical (unpaired) electrons. The summed E-state index contributed by atoms with van der Waals surface area (Å²) in [6.07, 6.45) is 4.63. The Hall–Kier alpha value is -2.03. The standard InChI is InChI=1S/C19H26N2O/c1-3-9-19(22)21(13-4-2)16-18-12-8-14-20(18)15-17-10-6-5-7-11-17/h5-8,10-12,14H,3-4,9,13,15-16H2,1-2H3. The SMILES string of the molecule is CCCC(=O)N(CCC)Cc1cccn1Cc1ccccc1. The Balaban J connectivity index is 2.08. The minimum atomic E-state index is 0.261. The Morgan fingerprint density at radius 1 is 1.05 bits per heavy atom. The van der Waals surface area contributed by atoms with Gasteiger partial charge < -0.3 is 9.47 Å². The summed E-state index contributed by atoms with van der Waals surface area (Å²) in [5, 5.41) is 0. The monoisotopic (exact) mass is 298 g/mol. The molecule has 0 fully saturated rings. The van der Waals surface area contributed by atoms with E-state index in [1.54, 1.807) is 0 Å². The zero-order chi connectivity index (χ0) is 15.8. The largest absolute Gasteiger partial charge is 0.345 e. The van der Waals surface area contributed by atoms with E-state index in [-0.39, 0.29) is 5.91 Å². The first-order chi connectivity index (χ1) is 10.7. The van der Waals surface area contributed by atoms with Crippen LogP contribution in [-0.4, -0.2) is 21.9 Å². The Kier molecular flexibility index (Phi) is 6.26. The maximum atomic E-state index is 12.2. The zero-order valence-electron chi connectivity index (χ0n) is 13.7. The fourth-order valence-electron chi connectivity index (χ4n) is 2.66. The van der Waals surface area contributed by atoms with E-state index in [1.807, 2.05) is 11.0 Å². The summed E-state index contributed by atoms with van der Waals surface area (Å²) >= 11 is 0. The maximum absolute atomic E-state index is 12.2. The summed E-state index contributed by atoms with van der Waals surface area (Å²) in [7, 11) is 0. The second kappa shape index (κ2) is 8.42. The van der Waals surface area contributed by atoms with Gasteiger partial charge in [-0.3, -0.25) is 4.79 Å². The second-order valence-electron chi connectivity index (χ2n) is 5.68. The number of carbonyl (C=O) groups excluding carboxylic acids is 1. The predicted octanol–water partition coefficient (Wildman–Crippen LogP) is 4.08. The topological polar surface area (TPSA) is 25.2 Å². The van der Waals surface area contributed by atoms with E-state index in [0.717, 1.165) is 25.9 Å². The van der Waals surface area contributed by atoms with E-state index in [0.29, 0.717) is 13.0 Å². The van der Waals surface area contributed by atoms with Gasteiger partial charge in [0, 0.05) is 31.4 Å². The first kappa shape index (κ1) is 16.3. The van der Waals surface area contributed by atoms with E-state index >= 15 is 0 Å². The molecule has 3 nitrogen and oxygen atoms in total. The number of hydrogen-bond acceptors (Lipinski definition) is 1. The number of aromatic nitrogens is 1. The molecule has 3 heteroatoms. The van der Waals surface area contributed by atoms with E-state index in [1.165, 1.54) is 11.3 Å². The molecule has 0 unspecified atom stereocenters. The van der Waals surface area contributed by atoms with Crippen molar-refractivity contribution in [3.8, 4) is 0 Å². The highest BCUT2D eigenvalue weighted by molar-refractivity contribution is 5.76. The molecule has 1 amide bonds. The lowest BCUT2D eigenvalue weighted by Crippen LogP contribution is -2.31. The highest BCUT2D eigenvalue weighted by Gasteiger charge is 2.14. The van der Waals surface area contributed by atoms with Gasteiger partial charge in [0.1, 0.15) is 0 Å². The smallest absolute Gasteiger partial charge is 0.222 e. The predicted molar refractivity (Wildman–Crippen MR) is 90.6 cm³/mol. The quantitative estimate of drug-likeness (QED) is 0.721. The van der Waals surface area contributed by atoms with Crippen LogP contribution in [0, 0.1) is 0 Å². The van der Waals surface area contributed by atoms with Gasteiger partial charge in [-0.2, -0.15) is 0 Å². The van der Waals surface area contributed by atoms with Crippen LogP contribution < -0.4 is 0 Å². The summed E-state index contributed by atoms with van der Waals surface area (Å²) in [4.78, 5) is 14.2. The van der Waals surface area contributed by atoms with E-state index in [2.05, 4.69) is 61.0 Å². The Labute approximate surface area is 133 Å². The minimum Gasteiger partial charge on any atom is -0.345 e. The fourth-order valence-corrected chi connectivity index (χ4v) is 2.66. The molecule has 1 aromatic heterocycles. The minimum absolute atomic E-state index is 0.261. The third-order valence-electron chi connectivity index (χ3n) is 3.78. The number of amides is 1. The van der Waals surface area contributed by atoms with Crippen molar-refractivity contribution < 1.29 is 4.79 Å². The van der Waals surface area contributed by atoms with Crippen molar-refractivity contribution in [2.75, 3.05) is 6.54 Å². The summed E-state index contributed by atoms with van der Waals surface area (Å²) in [5.41, 5.74) is 2.48. The molecule has 0 saturated heterocycles. The van der Waals surface area contributed by atoms with Crippen LogP contribution in [0.2, 0.25) is 0 Å². The van der Waals surface area contributed by atoms with Crippen molar-refractivity contribution in [1.29, 1.82) is 0 Å². The van der Waals surface area contributed by atoms with Crippen LogP contribution in [-0.2, 0) is 17.9 Å². The third-order valence-corrected chi connectivity index (χ3v) is 3.78. The molecule has 2 rings (SSSR count). The number of rotatable bonds is 8. The zero-order valence-corrected chi connectivity index (χ0v) is 13.7. The van der Waals surface area contributed by atoms with Crippen LogP contribution in [0.4, 0.5) is 0 Å². The Morgan fingerprint density at radius 3 is 2.50 bits per heavy atom.